The first-order chi connectivity index (χ1) is 12.7. The molecule has 0 atom stereocenters. The van der Waals surface area contributed by atoms with Crippen molar-refractivity contribution < 1.29 is 9.53 Å². The number of amides is 1. The number of para-hydroxylation sites is 1. The predicted octanol–water partition coefficient (Wildman–Crippen LogP) is 4.03. The monoisotopic (exact) mass is 343 g/mol. The molecular formula is C21H17N3O2. The molecule has 0 bridgehead atoms. The topological polar surface area (TPSA) is 67.0 Å². The lowest BCUT2D eigenvalue weighted by molar-refractivity contribution is -0.112. The molecule has 5 heteroatoms. The van der Waals surface area contributed by atoms with Crippen molar-refractivity contribution in [3.8, 4) is 17.5 Å². The standard InChI is InChI=1S/C21H17N3O2/c1-26-20-9-7-19(8-10-20)24-12-11-16(15-24)13-17(14-22)21(25)23-18-5-3-2-4-6-18/h2-13,15H,1H3,(H,23,25)/b17-13+. The number of hydrogen-bond acceptors (Lipinski definition) is 3. The first-order valence-corrected chi connectivity index (χ1v) is 8.00. The van der Waals surface area contributed by atoms with Crippen LogP contribution >= 0.6 is 0 Å². The average molecular weight is 343 g/mol. The van der Waals surface area contributed by atoms with Gasteiger partial charge in [0.2, 0.25) is 0 Å². The first-order valence-electron chi connectivity index (χ1n) is 8.00. The zero-order valence-corrected chi connectivity index (χ0v) is 14.2. The van der Waals surface area contributed by atoms with Gasteiger partial charge in [-0.05, 0) is 54.1 Å². The lowest BCUT2D eigenvalue weighted by Crippen LogP contribution is -2.13. The highest BCUT2D eigenvalue weighted by Crippen LogP contribution is 2.17. The molecule has 1 N–H and O–H groups in total. The third-order valence-electron chi connectivity index (χ3n) is 3.79. The number of carbonyl (C=O) groups excluding carboxylic acids is 1. The summed E-state index contributed by atoms with van der Waals surface area (Å²) in [5.41, 5.74) is 2.41. The summed E-state index contributed by atoms with van der Waals surface area (Å²) in [6, 6.07) is 20.5. The number of carbonyl (C=O) groups is 1. The van der Waals surface area contributed by atoms with Crippen molar-refractivity contribution in [1.29, 1.82) is 5.26 Å². The van der Waals surface area contributed by atoms with Crippen LogP contribution in [-0.4, -0.2) is 17.6 Å². The van der Waals surface area contributed by atoms with Gasteiger partial charge in [0.25, 0.3) is 5.91 Å². The van der Waals surface area contributed by atoms with Gasteiger partial charge in [0.15, 0.2) is 0 Å². The molecule has 5 nitrogen and oxygen atoms in total. The minimum atomic E-state index is -0.434. The van der Waals surface area contributed by atoms with Gasteiger partial charge in [0.1, 0.15) is 17.4 Å². The molecule has 0 aliphatic rings. The number of nitrogens with one attached hydrogen (secondary N) is 1. The van der Waals surface area contributed by atoms with Crippen LogP contribution in [-0.2, 0) is 4.79 Å². The number of anilines is 1. The second-order valence-corrected chi connectivity index (χ2v) is 5.54. The van der Waals surface area contributed by atoms with E-state index in [-0.39, 0.29) is 5.57 Å². The van der Waals surface area contributed by atoms with Crippen LogP contribution in [0.2, 0.25) is 0 Å². The second kappa shape index (κ2) is 7.86. The molecular weight excluding hydrogens is 326 g/mol. The van der Waals surface area contributed by atoms with Gasteiger partial charge in [-0.3, -0.25) is 4.79 Å². The molecule has 0 aliphatic heterocycles. The van der Waals surface area contributed by atoms with Crippen molar-refractivity contribution in [2.45, 2.75) is 0 Å². The van der Waals surface area contributed by atoms with Crippen molar-refractivity contribution in [2.75, 3.05) is 12.4 Å². The van der Waals surface area contributed by atoms with E-state index < -0.39 is 5.91 Å². The van der Waals surface area contributed by atoms with E-state index in [1.54, 1.807) is 25.3 Å². The van der Waals surface area contributed by atoms with Crippen molar-refractivity contribution >= 4 is 17.7 Å². The molecule has 0 saturated carbocycles. The second-order valence-electron chi connectivity index (χ2n) is 5.54. The summed E-state index contributed by atoms with van der Waals surface area (Å²) in [7, 11) is 1.62. The molecule has 0 saturated heterocycles. The number of benzene rings is 2. The smallest absolute Gasteiger partial charge is 0.266 e. The molecule has 1 heterocycles. The van der Waals surface area contributed by atoms with E-state index in [2.05, 4.69) is 5.32 Å². The maximum Gasteiger partial charge on any atom is 0.266 e. The van der Waals surface area contributed by atoms with E-state index in [1.165, 1.54) is 0 Å². The highest BCUT2D eigenvalue weighted by molar-refractivity contribution is 6.09. The van der Waals surface area contributed by atoms with E-state index in [0.717, 1.165) is 17.0 Å². The van der Waals surface area contributed by atoms with Crippen LogP contribution in [0.1, 0.15) is 5.56 Å². The van der Waals surface area contributed by atoms with E-state index in [9.17, 15) is 10.1 Å². The number of hydrogen-bond donors (Lipinski definition) is 1. The summed E-state index contributed by atoms with van der Waals surface area (Å²) in [5, 5.41) is 12.0. The van der Waals surface area contributed by atoms with Crippen LogP contribution in [0.25, 0.3) is 11.8 Å². The molecule has 0 spiro atoms. The normalized spacial score (nSPS) is 10.8. The van der Waals surface area contributed by atoms with Gasteiger partial charge in [0.05, 0.1) is 7.11 Å². The van der Waals surface area contributed by atoms with Gasteiger partial charge >= 0.3 is 0 Å². The van der Waals surface area contributed by atoms with Crippen LogP contribution in [0, 0.1) is 11.3 Å². The van der Waals surface area contributed by atoms with Gasteiger partial charge in [0, 0.05) is 23.8 Å². The summed E-state index contributed by atoms with van der Waals surface area (Å²) in [6.07, 6.45) is 5.30. The zero-order valence-electron chi connectivity index (χ0n) is 14.2. The summed E-state index contributed by atoms with van der Waals surface area (Å²) in [5.74, 6) is 0.348. The minimum Gasteiger partial charge on any atom is -0.497 e. The molecule has 26 heavy (non-hydrogen) atoms. The Morgan fingerprint density at radius 3 is 2.50 bits per heavy atom. The highest BCUT2D eigenvalue weighted by atomic mass is 16.5. The fraction of sp³-hybridized carbons (Fsp3) is 0.0476. The zero-order chi connectivity index (χ0) is 18.4. The molecule has 0 fully saturated rings. The Hall–Kier alpha value is -3.78. The van der Waals surface area contributed by atoms with E-state index in [0.29, 0.717) is 5.69 Å². The largest absolute Gasteiger partial charge is 0.497 e. The van der Waals surface area contributed by atoms with Crippen molar-refractivity contribution in [1.82, 2.24) is 4.57 Å². The Balaban J connectivity index is 1.78. The predicted molar refractivity (Wildman–Crippen MR) is 101 cm³/mol. The molecule has 3 rings (SSSR count). The van der Waals surface area contributed by atoms with Crippen LogP contribution in [0.15, 0.2) is 78.6 Å². The SMILES string of the molecule is COc1ccc(-n2ccc(/C=C(\C#N)C(=O)Nc3ccccc3)c2)cc1. The van der Waals surface area contributed by atoms with Crippen LogP contribution in [0.3, 0.4) is 0 Å². The van der Waals surface area contributed by atoms with Gasteiger partial charge in [-0.15, -0.1) is 0 Å². The molecule has 0 unspecified atom stereocenters. The third kappa shape index (κ3) is 4.00. The number of nitrogens with zero attached hydrogens (tertiary/aromatic N) is 2. The summed E-state index contributed by atoms with van der Waals surface area (Å²) >= 11 is 0. The minimum absolute atomic E-state index is 0.0429. The fourth-order valence-electron chi connectivity index (χ4n) is 2.45. The van der Waals surface area contributed by atoms with Gasteiger partial charge in [-0.2, -0.15) is 5.26 Å². The van der Waals surface area contributed by atoms with Gasteiger partial charge in [-0.1, -0.05) is 18.2 Å². The summed E-state index contributed by atoms with van der Waals surface area (Å²) in [6.45, 7) is 0. The number of rotatable bonds is 5. The molecule has 2 aromatic carbocycles. The van der Waals surface area contributed by atoms with Crippen LogP contribution < -0.4 is 10.1 Å². The van der Waals surface area contributed by atoms with E-state index in [4.69, 9.17) is 4.74 Å². The summed E-state index contributed by atoms with van der Waals surface area (Å²) in [4.78, 5) is 12.3. The third-order valence-corrected chi connectivity index (χ3v) is 3.79. The lowest BCUT2D eigenvalue weighted by Gasteiger charge is -2.04. The lowest BCUT2D eigenvalue weighted by atomic mass is 10.2. The number of nitriles is 1. The van der Waals surface area contributed by atoms with Gasteiger partial charge < -0.3 is 14.6 Å². The fourth-order valence-corrected chi connectivity index (χ4v) is 2.45. The molecule has 1 amide bonds. The maximum absolute atomic E-state index is 12.3. The number of aromatic nitrogens is 1. The van der Waals surface area contributed by atoms with E-state index >= 15 is 0 Å². The Bertz CT molecular complexity index is 964. The first kappa shape index (κ1) is 17.1. The Morgan fingerprint density at radius 2 is 1.85 bits per heavy atom. The summed E-state index contributed by atoms with van der Waals surface area (Å²) < 4.78 is 7.07. The van der Waals surface area contributed by atoms with Crippen LogP contribution in [0.5, 0.6) is 5.75 Å². The Morgan fingerprint density at radius 1 is 1.12 bits per heavy atom. The van der Waals surface area contributed by atoms with Crippen molar-refractivity contribution in [2.24, 2.45) is 0 Å². The molecule has 1 aromatic heterocycles. The van der Waals surface area contributed by atoms with Gasteiger partial charge in [-0.25, -0.2) is 0 Å². The van der Waals surface area contributed by atoms with E-state index in [1.807, 2.05) is 71.6 Å². The van der Waals surface area contributed by atoms with Crippen molar-refractivity contribution in [3.63, 3.8) is 0 Å². The average Bonchev–Trinajstić information content (AvgIpc) is 3.15. The molecule has 3 aromatic rings. The van der Waals surface area contributed by atoms with Crippen LogP contribution in [0.4, 0.5) is 5.69 Å². The number of ether oxygens (including phenoxy) is 1. The molecule has 0 radical (unpaired) electrons. The molecule has 128 valence electrons. The Labute approximate surface area is 151 Å². The molecule has 0 aliphatic carbocycles. The Kier molecular flexibility index (Phi) is 5.16. The maximum atomic E-state index is 12.3. The highest BCUT2D eigenvalue weighted by Gasteiger charge is 2.10. The quantitative estimate of drug-likeness (QED) is 0.562. The van der Waals surface area contributed by atoms with Crippen molar-refractivity contribution in [3.05, 3.63) is 84.2 Å². The number of methoxy groups -OCH3 is 1.